The summed E-state index contributed by atoms with van der Waals surface area (Å²) in [7, 11) is 0. The van der Waals surface area contributed by atoms with Gasteiger partial charge in [0.25, 0.3) is 0 Å². The first kappa shape index (κ1) is 35.5. The van der Waals surface area contributed by atoms with Crippen LogP contribution < -0.4 is 16.0 Å². The predicted octanol–water partition coefficient (Wildman–Crippen LogP) is 4.31. The van der Waals surface area contributed by atoms with Crippen molar-refractivity contribution < 1.29 is 41.9 Å². The Balaban J connectivity index is 1.81. The summed E-state index contributed by atoms with van der Waals surface area (Å²) in [4.78, 5) is 64.5. The van der Waals surface area contributed by atoms with Gasteiger partial charge in [0, 0.05) is 6.42 Å². The quantitative estimate of drug-likeness (QED) is 0.178. The Labute approximate surface area is 264 Å². The number of esters is 2. The van der Waals surface area contributed by atoms with Crippen LogP contribution in [0.2, 0.25) is 0 Å². The minimum atomic E-state index is -5.23. The fraction of sp³-hybridized carbons (Fsp3) is 0.324. The largest absolute Gasteiger partial charge is 0.471 e. The Morgan fingerprint density at radius 1 is 0.674 bits per heavy atom. The third kappa shape index (κ3) is 11.5. The van der Waals surface area contributed by atoms with Crippen molar-refractivity contribution in [3.8, 4) is 0 Å². The van der Waals surface area contributed by atoms with E-state index in [4.69, 9.17) is 4.74 Å². The number of hydrogen-bond donors (Lipinski definition) is 3. The second-order valence-electron chi connectivity index (χ2n) is 11.1. The monoisotopic (exact) mass is 639 g/mol. The van der Waals surface area contributed by atoms with Crippen LogP contribution in [-0.4, -0.2) is 54.0 Å². The van der Waals surface area contributed by atoms with Crippen LogP contribution in [0.15, 0.2) is 91.0 Å². The van der Waals surface area contributed by atoms with Crippen molar-refractivity contribution in [1.29, 1.82) is 0 Å². The average Bonchev–Trinajstić information content (AvgIpc) is 3.02. The fourth-order valence-corrected chi connectivity index (χ4v) is 4.55. The van der Waals surface area contributed by atoms with E-state index >= 15 is 0 Å². The molecule has 3 rings (SSSR count). The third-order valence-corrected chi connectivity index (χ3v) is 6.87. The van der Waals surface area contributed by atoms with Gasteiger partial charge in [0.1, 0.15) is 18.1 Å². The number of rotatable bonds is 14. The molecule has 0 fully saturated rings. The van der Waals surface area contributed by atoms with E-state index in [0.717, 1.165) is 5.56 Å². The van der Waals surface area contributed by atoms with E-state index in [1.165, 1.54) is 12.1 Å². The van der Waals surface area contributed by atoms with E-state index in [1.54, 1.807) is 98.0 Å². The predicted molar refractivity (Wildman–Crippen MR) is 163 cm³/mol. The molecule has 244 valence electrons. The molecule has 0 radical (unpaired) electrons. The molecule has 0 heterocycles. The van der Waals surface area contributed by atoms with Gasteiger partial charge in [-0.25, -0.2) is 9.59 Å². The van der Waals surface area contributed by atoms with E-state index in [1.807, 2.05) is 0 Å². The van der Waals surface area contributed by atoms with E-state index in [9.17, 15) is 37.1 Å². The zero-order chi connectivity index (χ0) is 33.7. The van der Waals surface area contributed by atoms with Gasteiger partial charge in [-0.3, -0.25) is 14.4 Å². The molecule has 0 bridgehead atoms. The van der Waals surface area contributed by atoms with Crippen molar-refractivity contribution in [3.05, 3.63) is 108 Å². The van der Waals surface area contributed by atoms with Crippen LogP contribution in [0.25, 0.3) is 0 Å². The van der Waals surface area contributed by atoms with Gasteiger partial charge in [-0.05, 0) is 48.4 Å². The molecule has 0 aromatic heterocycles. The Hall–Kier alpha value is -5.00. The van der Waals surface area contributed by atoms with Gasteiger partial charge < -0.3 is 20.7 Å². The molecule has 0 aliphatic heterocycles. The molecule has 3 aromatic carbocycles. The zero-order valence-electron chi connectivity index (χ0n) is 25.4. The van der Waals surface area contributed by atoms with Crippen molar-refractivity contribution in [3.63, 3.8) is 0 Å². The maximum atomic E-state index is 13.6. The van der Waals surface area contributed by atoms with Gasteiger partial charge >= 0.3 is 24.0 Å². The Kier molecular flexibility index (Phi) is 13.0. The first-order valence-electron chi connectivity index (χ1n) is 14.7. The summed E-state index contributed by atoms with van der Waals surface area (Å²) in [5.41, 5.74) is 1.48. The summed E-state index contributed by atoms with van der Waals surface area (Å²) < 4.78 is 44.4. The molecule has 3 amide bonds. The molecule has 3 atom stereocenters. The molecule has 0 unspecified atom stereocenters. The zero-order valence-corrected chi connectivity index (χ0v) is 25.4. The van der Waals surface area contributed by atoms with Crippen LogP contribution in [0.4, 0.5) is 13.2 Å². The molecule has 9 nitrogen and oxygen atoms in total. The number of amides is 3. The fourth-order valence-electron chi connectivity index (χ4n) is 4.55. The van der Waals surface area contributed by atoms with Gasteiger partial charge in [0.15, 0.2) is 0 Å². The van der Waals surface area contributed by atoms with Crippen LogP contribution in [0.3, 0.4) is 0 Å². The first-order valence-corrected chi connectivity index (χ1v) is 14.7. The molecule has 12 heteroatoms. The summed E-state index contributed by atoms with van der Waals surface area (Å²) in [6.07, 6.45) is -5.26. The number of aryl methyl sites for hydroxylation is 1. The van der Waals surface area contributed by atoms with Crippen LogP contribution in [0, 0.1) is 5.92 Å². The number of alkyl halides is 3. The number of nitrogens with one attached hydrogen (secondary N) is 3. The number of carbonyl (C=O) groups is 5. The smallest absolute Gasteiger partial charge is 0.388 e. The summed E-state index contributed by atoms with van der Waals surface area (Å²) in [6.45, 7) is 3.53. The van der Waals surface area contributed by atoms with E-state index in [0.29, 0.717) is 5.56 Å². The van der Waals surface area contributed by atoms with E-state index in [-0.39, 0.29) is 37.2 Å². The lowest BCUT2D eigenvalue weighted by Crippen LogP contribution is -2.57. The number of ether oxygens (including phenoxy) is 1. The van der Waals surface area contributed by atoms with Crippen molar-refractivity contribution >= 4 is 29.7 Å². The minimum absolute atomic E-state index is 0.0479. The Morgan fingerprint density at radius 2 is 1.17 bits per heavy atom. The molecule has 46 heavy (non-hydrogen) atoms. The SMILES string of the molecule is CC(C)C[C@H](NC(=O)[C@@H](CCc1ccccc1)NC(=O)C(F)(F)F)C(=O)N[C@@H](Cc1ccccc1)C(=O)OC(=O)c1ccccc1. The molecule has 0 saturated heterocycles. The highest BCUT2D eigenvalue weighted by molar-refractivity contribution is 6.00. The molecule has 0 aliphatic rings. The van der Waals surface area contributed by atoms with Crippen molar-refractivity contribution in [2.45, 2.75) is 63.8 Å². The van der Waals surface area contributed by atoms with Crippen LogP contribution in [0.1, 0.15) is 48.2 Å². The number of hydrogen-bond acceptors (Lipinski definition) is 6. The maximum Gasteiger partial charge on any atom is 0.471 e. The summed E-state index contributed by atoms with van der Waals surface area (Å²) in [6, 6.07) is 20.8. The number of carbonyl (C=O) groups excluding carboxylic acids is 5. The molecule has 0 spiro atoms. The standard InChI is InChI=1S/C34H36F3N3O6/c1-22(2)20-27(38-29(41)26(40-33(45)34(35,36)37)19-18-23-12-6-3-7-13-23)30(42)39-28(21-24-14-8-4-9-15-24)32(44)46-31(43)25-16-10-5-11-17-25/h3-17,22,26-28H,18-21H2,1-2H3,(H,38,41)(H,39,42)(H,40,45)/t26-,27+,28+/m1/s1. The first-order chi connectivity index (χ1) is 21.8. The third-order valence-electron chi connectivity index (χ3n) is 6.87. The minimum Gasteiger partial charge on any atom is -0.388 e. The summed E-state index contributed by atoms with van der Waals surface area (Å²) >= 11 is 0. The Morgan fingerprint density at radius 3 is 1.72 bits per heavy atom. The van der Waals surface area contributed by atoms with Crippen LogP contribution in [0.5, 0.6) is 0 Å². The molecule has 3 aromatic rings. The second kappa shape index (κ2) is 16.9. The van der Waals surface area contributed by atoms with Gasteiger partial charge in [-0.2, -0.15) is 13.2 Å². The normalized spacial score (nSPS) is 13.2. The molecular weight excluding hydrogens is 603 g/mol. The van der Waals surface area contributed by atoms with Crippen molar-refractivity contribution in [2.24, 2.45) is 5.92 Å². The van der Waals surface area contributed by atoms with E-state index < -0.39 is 54.0 Å². The lowest BCUT2D eigenvalue weighted by atomic mass is 10.00. The van der Waals surface area contributed by atoms with Crippen molar-refractivity contribution in [1.82, 2.24) is 16.0 Å². The Bertz CT molecular complexity index is 1470. The highest BCUT2D eigenvalue weighted by atomic mass is 19.4. The summed E-state index contributed by atoms with van der Waals surface area (Å²) in [5, 5.41) is 6.75. The van der Waals surface area contributed by atoms with Crippen LogP contribution >= 0.6 is 0 Å². The lowest BCUT2D eigenvalue weighted by Gasteiger charge is -2.26. The van der Waals surface area contributed by atoms with Gasteiger partial charge in [-0.15, -0.1) is 0 Å². The van der Waals surface area contributed by atoms with Gasteiger partial charge in [-0.1, -0.05) is 92.7 Å². The topological polar surface area (TPSA) is 131 Å². The highest BCUT2D eigenvalue weighted by Crippen LogP contribution is 2.16. The molecule has 0 saturated carbocycles. The maximum absolute atomic E-state index is 13.6. The van der Waals surface area contributed by atoms with E-state index in [2.05, 4.69) is 10.6 Å². The molecular formula is C34H36F3N3O6. The summed E-state index contributed by atoms with van der Waals surface area (Å²) in [5.74, 6) is -6.26. The molecule has 0 aliphatic carbocycles. The second-order valence-corrected chi connectivity index (χ2v) is 11.1. The average molecular weight is 640 g/mol. The highest BCUT2D eigenvalue weighted by Gasteiger charge is 2.41. The van der Waals surface area contributed by atoms with Crippen molar-refractivity contribution in [2.75, 3.05) is 0 Å². The van der Waals surface area contributed by atoms with Gasteiger partial charge in [0.2, 0.25) is 11.8 Å². The van der Waals surface area contributed by atoms with Gasteiger partial charge in [0.05, 0.1) is 5.56 Å². The number of halogens is 3. The lowest BCUT2D eigenvalue weighted by molar-refractivity contribution is -0.174. The molecule has 3 N–H and O–H groups in total. The van der Waals surface area contributed by atoms with Crippen LogP contribution in [-0.2, 0) is 36.8 Å². The number of benzene rings is 3.